The minimum absolute atomic E-state index is 0.00835. The molecular weight excluding hydrogens is 497 g/mol. The van der Waals surface area contributed by atoms with E-state index in [4.69, 9.17) is 9.47 Å². The predicted octanol–water partition coefficient (Wildman–Crippen LogP) is 6.76. The first-order valence-corrected chi connectivity index (χ1v) is 14.0. The topological polar surface area (TPSA) is 76.1 Å². The Morgan fingerprint density at radius 2 is 1.85 bits per heavy atom. The van der Waals surface area contributed by atoms with Gasteiger partial charge in [-0.3, -0.25) is 4.79 Å². The number of rotatable bonds is 5. The van der Waals surface area contributed by atoms with E-state index in [1.165, 1.54) is 6.07 Å². The van der Waals surface area contributed by atoms with Gasteiger partial charge in [-0.25, -0.2) is 9.18 Å². The molecule has 0 aromatic heterocycles. The Kier molecular flexibility index (Phi) is 7.31. The summed E-state index contributed by atoms with van der Waals surface area (Å²) in [5.74, 6) is -1.26. The number of halogens is 1. The summed E-state index contributed by atoms with van der Waals surface area (Å²) in [6.45, 7) is 10.2. The second-order valence-corrected chi connectivity index (χ2v) is 11.9. The van der Waals surface area contributed by atoms with Crippen LogP contribution in [0, 0.1) is 19.7 Å². The minimum atomic E-state index is -1.26. The first-order chi connectivity index (χ1) is 18.5. The SMILES string of the molecule is Cc1cc2c(c(-c3cc(F)c4c(c3C)CCCO4)c1[C@H](OC(C)(C)C)C(=O)O)CCN2C(=O)C1=CCCCC1. The first kappa shape index (κ1) is 27.4. The van der Waals surface area contributed by atoms with Crippen LogP contribution in [0.2, 0.25) is 0 Å². The number of fused-ring (bicyclic) bond motifs is 2. The Bertz CT molecular complexity index is 1370. The highest BCUT2D eigenvalue weighted by molar-refractivity contribution is 6.08. The van der Waals surface area contributed by atoms with E-state index in [1.807, 2.05) is 51.7 Å². The smallest absolute Gasteiger partial charge is 0.337 e. The summed E-state index contributed by atoms with van der Waals surface area (Å²) in [6, 6.07) is 3.39. The van der Waals surface area contributed by atoms with Crippen molar-refractivity contribution in [2.45, 2.75) is 91.3 Å². The zero-order chi connectivity index (χ0) is 28.1. The molecule has 2 aliphatic heterocycles. The van der Waals surface area contributed by atoms with Gasteiger partial charge in [0.1, 0.15) is 0 Å². The number of hydrogen-bond acceptors (Lipinski definition) is 4. The summed E-state index contributed by atoms with van der Waals surface area (Å²) in [5, 5.41) is 10.4. The number of ether oxygens (including phenoxy) is 2. The van der Waals surface area contributed by atoms with Crippen LogP contribution in [0.25, 0.3) is 11.1 Å². The van der Waals surface area contributed by atoms with Crippen molar-refractivity contribution in [3.63, 3.8) is 0 Å². The van der Waals surface area contributed by atoms with Crippen molar-refractivity contribution in [2.75, 3.05) is 18.1 Å². The molecule has 2 aromatic carbocycles. The van der Waals surface area contributed by atoms with Crippen LogP contribution in [0.4, 0.5) is 10.1 Å². The van der Waals surface area contributed by atoms with Gasteiger partial charge in [-0.15, -0.1) is 0 Å². The molecule has 0 spiro atoms. The third-order valence-electron chi connectivity index (χ3n) is 8.01. The summed E-state index contributed by atoms with van der Waals surface area (Å²) >= 11 is 0. The highest BCUT2D eigenvalue weighted by Gasteiger charge is 2.37. The number of benzene rings is 2. The van der Waals surface area contributed by atoms with Gasteiger partial charge in [0.2, 0.25) is 0 Å². The number of anilines is 1. The monoisotopic (exact) mass is 535 g/mol. The van der Waals surface area contributed by atoms with Crippen LogP contribution in [0.1, 0.15) is 86.8 Å². The number of carbonyl (C=O) groups is 2. The van der Waals surface area contributed by atoms with E-state index in [2.05, 4.69) is 0 Å². The number of carboxylic acid groups (broad SMARTS) is 1. The van der Waals surface area contributed by atoms with Gasteiger partial charge >= 0.3 is 5.97 Å². The Hall–Kier alpha value is -3.19. The lowest BCUT2D eigenvalue weighted by molar-refractivity contribution is -0.160. The number of carboxylic acids is 1. The number of nitrogens with zero attached hydrogens (tertiary/aromatic N) is 1. The Morgan fingerprint density at radius 1 is 1.08 bits per heavy atom. The van der Waals surface area contributed by atoms with Crippen LogP contribution < -0.4 is 9.64 Å². The van der Waals surface area contributed by atoms with E-state index in [1.54, 1.807) is 0 Å². The maximum atomic E-state index is 15.5. The first-order valence-electron chi connectivity index (χ1n) is 14.0. The lowest BCUT2D eigenvalue weighted by Gasteiger charge is -2.30. The standard InChI is InChI=1S/C32H38FNO5/c1-18-16-25-22(13-14-34(25)30(35)20-10-7-6-8-11-20)27(26(18)29(31(36)37)39-32(3,4)5)23-17-24(33)28-21(19(23)2)12-9-15-38-28/h10,16-17,29H,6-9,11-15H2,1-5H3,(H,36,37)/t29-/m0/s1. The molecule has 0 radical (unpaired) electrons. The molecular formula is C32H38FNO5. The van der Waals surface area contributed by atoms with E-state index in [0.717, 1.165) is 60.1 Å². The van der Waals surface area contributed by atoms with Crippen LogP contribution in [0.15, 0.2) is 23.8 Å². The van der Waals surface area contributed by atoms with Gasteiger partial charge in [0.25, 0.3) is 5.91 Å². The van der Waals surface area contributed by atoms with Gasteiger partial charge in [-0.05, 0) is 120 Å². The molecule has 0 saturated heterocycles. The maximum Gasteiger partial charge on any atom is 0.337 e. The van der Waals surface area contributed by atoms with Gasteiger partial charge in [-0.2, -0.15) is 0 Å². The van der Waals surface area contributed by atoms with Crippen LogP contribution in [-0.4, -0.2) is 35.7 Å². The van der Waals surface area contributed by atoms with Gasteiger partial charge in [0.05, 0.1) is 12.2 Å². The fraction of sp³-hybridized carbons (Fsp3) is 0.500. The molecule has 1 atom stereocenters. The molecule has 3 aliphatic rings. The number of amides is 1. The fourth-order valence-electron chi connectivity index (χ4n) is 6.26. The zero-order valence-electron chi connectivity index (χ0n) is 23.6. The van der Waals surface area contributed by atoms with Gasteiger partial charge in [-0.1, -0.05) is 6.08 Å². The second-order valence-electron chi connectivity index (χ2n) is 11.9. The molecule has 1 aliphatic carbocycles. The quantitative estimate of drug-likeness (QED) is 0.458. The molecule has 39 heavy (non-hydrogen) atoms. The van der Waals surface area contributed by atoms with Crippen molar-refractivity contribution >= 4 is 17.6 Å². The van der Waals surface area contributed by atoms with Gasteiger partial charge < -0.3 is 19.5 Å². The van der Waals surface area contributed by atoms with Crippen molar-refractivity contribution in [1.82, 2.24) is 0 Å². The highest BCUT2D eigenvalue weighted by Crippen LogP contribution is 2.48. The number of allylic oxidation sites excluding steroid dienone is 1. The molecule has 0 unspecified atom stereocenters. The average molecular weight is 536 g/mol. The fourth-order valence-corrected chi connectivity index (χ4v) is 6.26. The largest absolute Gasteiger partial charge is 0.490 e. The molecule has 2 aromatic rings. The van der Waals surface area contributed by atoms with Crippen LogP contribution in [0.5, 0.6) is 5.75 Å². The Labute approximate surface area is 229 Å². The van der Waals surface area contributed by atoms with E-state index < -0.39 is 23.5 Å². The lowest BCUT2D eigenvalue weighted by Crippen LogP contribution is -2.31. The second kappa shape index (κ2) is 10.4. The van der Waals surface area contributed by atoms with Crippen LogP contribution >= 0.6 is 0 Å². The summed E-state index contributed by atoms with van der Waals surface area (Å²) < 4.78 is 27.3. The number of aryl methyl sites for hydroxylation is 1. The van der Waals surface area contributed by atoms with Crippen LogP contribution in [-0.2, 0) is 27.2 Å². The molecule has 1 amide bonds. The van der Waals surface area contributed by atoms with Crippen LogP contribution in [0.3, 0.4) is 0 Å². The Morgan fingerprint density at radius 3 is 2.51 bits per heavy atom. The maximum absolute atomic E-state index is 15.5. The summed E-state index contributed by atoms with van der Waals surface area (Å²) in [7, 11) is 0. The molecule has 0 bridgehead atoms. The molecule has 5 rings (SSSR count). The van der Waals surface area contributed by atoms with E-state index in [0.29, 0.717) is 48.2 Å². The van der Waals surface area contributed by atoms with E-state index in [-0.39, 0.29) is 11.7 Å². The van der Waals surface area contributed by atoms with Gasteiger partial charge in [0, 0.05) is 28.9 Å². The zero-order valence-corrected chi connectivity index (χ0v) is 23.6. The highest BCUT2D eigenvalue weighted by atomic mass is 19.1. The molecule has 1 N–H and O–H groups in total. The normalized spacial score (nSPS) is 17.7. The number of aliphatic carboxylic acids is 1. The number of hydrogen-bond donors (Lipinski definition) is 1. The molecule has 6 nitrogen and oxygen atoms in total. The summed E-state index contributed by atoms with van der Waals surface area (Å²) in [5.41, 5.74) is 5.96. The predicted molar refractivity (Wildman–Crippen MR) is 149 cm³/mol. The molecule has 0 fully saturated rings. The summed E-state index contributed by atoms with van der Waals surface area (Å²) in [6.07, 6.45) is 6.59. The van der Waals surface area contributed by atoms with E-state index >= 15 is 4.39 Å². The Balaban J connectivity index is 1.76. The van der Waals surface area contributed by atoms with Crippen molar-refractivity contribution in [2.24, 2.45) is 0 Å². The molecule has 0 saturated carbocycles. The number of carbonyl (C=O) groups excluding carboxylic acids is 1. The van der Waals surface area contributed by atoms with Crippen molar-refractivity contribution in [1.29, 1.82) is 0 Å². The minimum Gasteiger partial charge on any atom is -0.490 e. The molecule has 2 heterocycles. The third kappa shape index (κ3) is 5.09. The molecule has 7 heteroatoms. The summed E-state index contributed by atoms with van der Waals surface area (Å²) in [4.78, 5) is 28.1. The average Bonchev–Trinajstić information content (AvgIpc) is 3.31. The van der Waals surface area contributed by atoms with Crippen molar-refractivity contribution < 1.29 is 28.6 Å². The lowest BCUT2D eigenvalue weighted by atomic mass is 9.83. The van der Waals surface area contributed by atoms with E-state index in [9.17, 15) is 14.7 Å². The van der Waals surface area contributed by atoms with Crippen molar-refractivity contribution in [3.05, 3.63) is 57.4 Å². The third-order valence-corrected chi connectivity index (χ3v) is 8.01. The molecule has 208 valence electrons. The van der Waals surface area contributed by atoms with Gasteiger partial charge in [0.15, 0.2) is 17.7 Å². The van der Waals surface area contributed by atoms with Crippen molar-refractivity contribution in [3.8, 4) is 16.9 Å².